The van der Waals surface area contributed by atoms with Crippen molar-refractivity contribution in [3.8, 4) is 0 Å². The lowest BCUT2D eigenvalue weighted by Crippen LogP contribution is -2.51. The lowest BCUT2D eigenvalue weighted by Gasteiger charge is -2.32. The molecule has 3 aromatic rings. The van der Waals surface area contributed by atoms with E-state index in [-0.39, 0.29) is 24.1 Å². The molecule has 4 nitrogen and oxygen atoms in total. The van der Waals surface area contributed by atoms with Gasteiger partial charge in [-0.05, 0) is 42.2 Å². The van der Waals surface area contributed by atoms with E-state index in [0.717, 1.165) is 29.7 Å². The van der Waals surface area contributed by atoms with Crippen molar-refractivity contribution in [1.82, 2.24) is 10.2 Å². The highest BCUT2D eigenvalue weighted by Crippen LogP contribution is 2.25. The van der Waals surface area contributed by atoms with Gasteiger partial charge in [0.05, 0.1) is 5.75 Å². The molecule has 0 unspecified atom stereocenters. The second-order valence-corrected chi connectivity index (χ2v) is 10.9. The topological polar surface area (TPSA) is 49.4 Å². The molecule has 1 N–H and O–H groups in total. The fourth-order valence-corrected chi connectivity index (χ4v) is 5.36. The molecule has 0 heterocycles. The van der Waals surface area contributed by atoms with Crippen LogP contribution in [-0.4, -0.2) is 35.1 Å². The van der Waals surface area contributed by atoms with Crippen LogP contribution in [0.5, 0.6) is 0 Å². The number of benzene rings is 3. The molecule has 3 rings (SSSR count). The van der Waals surface area contributed by atoms with Crippen LogP contribution >= 0.6 is 35.0 Å². The van der Waals surface area contributed by atoms with Gasteiger partial charge in [-0.25, -0.2) is 0 Å². The first-order chi connectivity index (χ1) is 17.9. The van der Waals surface area contributed by atoms with Crippen LogP contribution in [0.4, 0.5) is 0 Å². The minimum Gasteiger partial charge on any atom is -0.354 e. The molecule has 0 radical (unpaired) electrons. The summed E-state index contributed by atoms with van der Waals surface area (Å²) in [4.78, 5) is 28.8. The first-order valence-corrected chi connectivity index (χ1v) is 14.5. The van der Waals surface area contributed by atoms with E-state index in [2.05, 4.69) is 37.4 Å². The molecule has 0 aliphatic heterocycles. The lowest BCUT2D eigenvalue weighted by molar-refractivity contribution is -0.139. The molecule has 3 aromatic carbocycles. The Labute approximate surface area is 234 Å². The molecule has 0 aliphatic carbocycles. The van der Waals surface area contributed by atoms with Gasteiger partial charge >= 0.3 is 0 Å². The molecule has 0 saturated heterocycles. The summed E-state index contributed by atoms with van der Waals surface area (Å²) < 4.78 is 0. The van der Waals surface area contributed by atoms with Crippen molar-refractivity contribution in [2.75, 3.05) is 12.3 Å². The molecule has 0 saturated carbocycles. The van der Waals surface area contributed by atoms with Crippen LogP contribution in [0.2, 0.25) is 10.0 Å². The van der Waals surface area contributed by atoms with Crippen molar-refractivity contribution < 1.29 is 9.59 Å². The number of nitrogens with zero attached hydrogens (tertiary/aromatic N) is 1. The number of amides is 2. The van der Waals surface area contributed by atoms with E-state index in [1.807, 2.05) is 42.5 Å². The van der Waals surface area contributed by atoms with E-state index in [4.69, 9.17) is 23.2 Å². The Morgan fingerprint density at radius 2 is 1.73 bits per heavy atom. The maximum atomic E-state index is 13.7. The maximum Gasteiger partial charge on any atom is 0.243 e. The summed E-state index contributed by atoms with van der Waals surface area (Å²) in [5, 5.41) is 4.04. The first kappa shape index (κ1) is 29.1. The number of carbonyl (C=O) groups is 2. The van der Waals surface area contributed by atoms with Crippen molar-refractivity contribution in [2.45, 2.75) is 51.4 Å². The molecule has 0 aromatic heterocycles. The van der Waals surface area contributed by atoms with Crippen molar-refractivity contribution in [1.29, 1.82) is 0 Å². The number of rotatable bonds is 13. The quantitative estimate of drug-likeness (QED) is 0.228. The Hall–Kier alpha value is -2.47. The van der Waals surface area contributed by atoms with E-state index in [1.54, 1.807) is 28.8 Å². The third-order valence-electron chi connectivity index (χ3n) is 6.03. The van der Waals surface area contributed by atoms with Gasteiger partial charge in [-0.2, -0.15) is 0 Å². The highest BCUT2D eigenvalue weighted by atomic mass is 35.5. The van der Waals surface area contributed by atoms with Gasteiger partial charge < -0.3 is 10.2 Å². The van der Waals surface area contributed by atoms with Gasteiger partial charge in [0.2, 0.25) is 11.8 Å². The maximum absolute atomic E-state index is 13.7. The SMILES string of the molecule is CCCCNC(=O)[C@H](Cc1ccccc1)N(Cc1ccc(Cl)cc1Cl)C(=O)CSCc1cccc(C)c1. The molecule has 7 heteroatoms. The number of aryl methyl sites for hydroxylation is 1. The summed E-state index contributed by atoms with van der Waals surface area (Å²) in [5.74, 6) is 0.719. The summed E-state index contributed by atoms with van der Waals surface area (Å²) >= 11 is 14.2. The molecule has 196 valence electrons. The number of thioether (sulfide) groups is 1. The fourth-order valence-electron chi connectivity index (χ4n) is 4.03. The number of unbranched alkanes of at least 4 members (excludes halogenated alkanes) is 1. The Morgan fingerprint density at radius 1 is 0.973 bits per heavy atom. The van der Waals surface area contributed by atoms with E-state index >= 15 is 0 Å². The zero-order valence-electron chi connectivity index (χ0n) is 21.4. The molecular formula is C30H34Cl2N2O2S. The summed E-state index contributed by atoms with van der Waals surface area (Å²) in [6.45, 7) is 4.94. The first-order valence-electron chi connectivity index (χ1n) is 12.6. The van der Waals surface area contributed by atoms with Gasteiger partial charge in [0.25, 0.3) is 0 Å². The predicted octanol–water partition coefficient (Wildman–Crippen LogP) is 7.09. The lowest BCUT2D eigenvalue weighted by atomic mass is 10.0. The number of hydrogen-bond acceptors (Lipinski definition) is 3. The Kier molecular flexibility index (Phi) is 11.8. The summed E-state index contributed by atoms with van der Waals surface area (Å²) in [7, 11) is 0. The second-order valence-electron chi connectivity index (χ2n) is 9.09. The van der Waals surface area contributed by atoms with Crippen LogP contribution in [-0.2, 0) is 28.3 Å². The van der Waals surface area contributed by atoms with E-state index in [1.165, 1.54) is 11.1 Å². The minimum atomic E-state index is -0.668. The number of carbonyl (C=O) groups excluding carboxylic acids is 2. The fraction of sp³-hybridized carbons (Fsp3) is 0.333. The molecule has 0 spiro atoms. The van der Waals surface area contributed by atoms with Gasteiger partial charge in [0.15, 0.2) is 0 Å². The normalized spacial score (nSPS) is 11.7. The third-order valence-corrected chi connectivity index (χ3v) is 7.61. The molecule has 2 amide bonds. The number of hydrogen-bond donors (Lipinski definition) is 1. The Bertz CT molecular complexity index is 1170. The van der Waals surface area contributed by atoms with Crippen molar-refractivity contribution in [3.63, 3.8) is 0 Å². The molecule has 1 atom stereocenters. The predicted molar refractivity (Wildman–Crippen MR) is 156 cm³/mol. The van der Waals surface area contributed by atoms with Crippen LogP contribution in [0.15, 0.2) is 72.8 Å². The molecular weight excluding hydrogens is 523 g/mol. The average Bonchev–Trinajstić information content (AvgIpc) is 2.88. The van der Waals surface area contributed by atoms with E-state index in [0.29, 0.717) is 23.0 Å². The smallest absolute Gasteiger partial charge is 0.243 e. The van der Waals surface area contributed by atoms with Crippen molar-refractivity contribution in [3.05, 3.63) is 105 Å². The van der Waals surface area contributed by atoms with Gasteiger partial charge in [0, 0.05) is 35.3 Å². The molecule has 0 fully saturated rings. The van der Waals surface area contributed by atoms with Crippen LogP contribution < -0.4 is 5.32 Å². The van der Waals surface area contributed by atoms with E-state index < -0.39 is 6.04 Å². The summed E-state index contributed by atoms with van der Waals surface area (Å²) in [5.41, 5.74) is 4.10. The van der Waals surface area contributed by atoms with Crippen molar-refractivity contribution >= 4 is 46.8 Å². The van der Waals surface area contributed by atoms with Crippen molar-refractivity contribution in [2.24, 2.45) is 0 Å². The summed E-state index contributed by atoms with van der Waals surface area (Å²) in [6.07, 6.45) is 2.27. The molecule has 0 aliphatic rings. The Balaban J connectivity index is 1.86. The minimum absolute atomic E-state index is 0.102. The Morgan fingerprint density at radius 3 is 2.43 bits per heavy atom. The highest BCUT2D eigenvalue weighted by molar-refractivity contribution is 7.99. The average molecular weight is 558 g/mol. The number of nitrogens with one attached hydrogen (secondary N) is 1. The monoisotopic (exact) mass is 556 g/mol. The van der Waals surface area contributed by atoms with Crippen LogP contribution in [0.1, 0.15) is 42.0 Å². The molecule has 0 bridgehead atoms. The zero-order valence-corrected chi connectivity index (χ0v) is 23.7. The van der Waals surface area contributed by atoms with E-state index in [9.17, 15) is 9.59 Å². The largest absolute Gasteiger partial charge is 0.354 e. The van der Waals surface area contributed by atoms with Gasteiger partial charge in [-0.15, -0.1) is 11.8 Å². The van der Waals surface area contributed by atoms with Gasteiger partial charge in [-0.3, -0.25) is 9.59 Å². The summed E-state index contributed by atoms with van der Waals surface area (Å²) in [6, 6.07) is 22.6. The molecule has 37 heavy (non-hydrogen) atoms. The van der Waals surface area contributed by atoms with Gasteiger partial charge in [0.1, 0.15) is 6.04 Å². The highest BCUT2D eigenvalue weighted by Gasteiger charge is 2.30. The standard InChI is InChI=1S/C30H34Cl2N2O2S/c1-3-4-15-33-30(36)28(17-23-10-6-5-7-11-23)34(19-25-13-14-26(31)18-27(25)32)29(35)21-37-20-24-12-8-9-22(2)16-24/h5-14,16,18,28H,3-4,15,17,19-21H2,1-2H3,(H,33,36)/t28-/m0/s1. The van der Waals surface area contributed by atoms with Gasteiger partial charge in [-0.1, -0.05) is 103 Å². The number of halogens is 2. The second kappa shape index (κ2) is 15.1. The third kappa shape index (κ3) is 9.41. The van der Waals surface area contributed by atoms with Crippen LogP contribution in [0, 0.1) is 6.92 Å². The zero-order chi connectivity index (χ0) is 26.6. The van der Waals surface area contributed by atoms with Crippen LogP contribution in [0.25, 0.3) is 0 Å². The van der Waals surface area contributed by atoms with Crippen LogP contribution in [0.3, 0.4) is 0 Å².